The molecule has 0 bridgehead atoms. The topological polar surface area (TPSA) is 131 Å². The SMILES string of the molecule is COc1ccc(F)c(NC(=O)N[C@@H](CC(N)=O)C(=O)O)c1. The molecule has 21 heavy (non-hydrogen) atoms. The van der Waals surface area contributed by atoms with Crippen molar-refractivity contribution in [3.05, 3.63) is 24.0 Å². The molecule has 0 unspecified atom stereocenters. The fourth-order valence-electron chi connectivity index (χ4n) is 1.45. The molecule has 0 aliphatic rings. The molecule has 1 aromatic carbocycles. The molecule has 0 aliphatic heterocycles. The van der Waals surface area contributed by atoms with Crippen molar-refractivity contribution in [2.75, 3.05) is 12.4 Å². The number of carbonyl (C=O) groups is 3. The van der Waals surface area contributed by atoms with Gasteiger partial charge in [0.05, 0.1) is 19.2 Å². The largest absolute Gasteiger partial charge is 0.497 e. The van der Waals surface area contributed by atoms with E-state index in [4.69, 9.17) is 15.6 Å². The molecule has 1 rings (SSSR count). The van der Waals surface area contributed by atoms with Crippen molar-refractivity contribution in [3.8, 4) is 5.75 Å². The number of benzene rings is 1. The van der Waals surface area contributed by atoms with Gasteiger partial charge in [-0.05, 0) is 12.1 Å². The van der Waals surface area contributed by atoms with Crippen molar-refractivity contribution in [3.63, 3.8) is 0 Å². The second-order valence-electron chi connectivity index (χ2n) is 4.01. The molecular formula is C12H14FN3O5. The summed E-state index contributed by atoms with van der Waals surface area (Å²) in [5.74, 6) is -2.75. The van der Waals surface area contributed by atoms with Crippen LogP contribution in [0.25, 0.3) is 0 Å². The number of nitrogens with two attached hydrogens (primary N) is 1. The van der Waals surface area contributed by atoms with Gasteiger partial charge in [0.15, 0.2) is 0 Å². The maximum absolute atomic E-state index is 13.5. The monoisotopic (exact) mass is 299 g/mol. The number of rotatable bonds is 6. The highest BCUT2D eigenvalue weighted by atomic mass is 19.1. The smallest absolute Gasteiger partial charge is 0.326 e. The molecule has 1 atom stereocenters. The van der Waals surface area contributed by atoms with Gasteiger partial charge in [0, 0.05) is 6.07 Å². The molecule has 8 nitrogen and oxygen atoms in total. The second-order valence-corrected chi connectivity index (χ2v) is 4.01. The number of carbonyl (C=O) groups excluding carboxylic acids is 2. The summed E-state index contributed by atoms with van der Waals surface area (Å²) < 4.78 is 18.4. The molecule has 0 fully saturated rings. The Kier molecular flexibility index (Phi) is 5.47. The van der Waals surface area contributed by atoms with Gasteiger partial charge in [-0.25, -0.2) is 14.0 Å². The molecule has 3 amide bonds. The van der Waals surface area contributed by atoms with Crippen LogP contribution in [0.15, 0.2) is 18.2 Å². The fourth-order valence-corrected chi connectivity index (χ4v) is 1.45. The number of nitrogens with one attached hydrogen (secondary N) is 2. The van der Waals surface area contributed by atoms with Crippen LogP contribution in [0.3, 0.4) is 0 Å². The van der Waals surface area contributed by atoms with E-state index in [2.05, 4.69) is 5.32 Å². The van der Waals surface area contributed by atoms with Gasteiger partial charge in [-0.15, -0.1) is 0 Å². The van der Waals surface area contributed by atoms with Crippen molar-refractivity contribution in [2.24, 2.45) is 5.73 Å². The summed E-state index contributed by atoms with van der Waals surface area (Å²) in [7, 11) is 1.37. The minimum Gasteiger partial charge on any atom is -0.497 e. The Morgan fingerprint density at radius 2 is 2.10 bits per heavy atom. The van der Waals surface area contributed by atoms with E-state index in [1.54, 1.807) is 0 Å². The van der Waals surface area contributed by atoms with Gasteiger partial charge in [-0.3, -0.25) is 4.79 Å². The van der Waals surface area contributed by atoms with E-state index >= 15 is 0 Å². The zero-order chi connectivity index (χ0) is 16.0. The van der Waals surface area contributed by atoms with Crippen molar-refractivity contribution in [1.29, 1.82) is 0 Å². The van der Waals surface area contributed by atoms with Crippen LogP contribution in [0.5, 0.6) is 5.75 Å². The van der Waals surface area contributed by atoms with Gasteiger partial charge in [-0.2, -0.15) is 0 Å². The number of hydrogen-bond acceptors (Lipinski definition) is 4. The van der Waals surface area contributed by atoms with Crippen LogP contribution in [0.2, 0.25) is 0 Å². The molecule has 0 radical (unpaired) electrons. The average molecular weight is 299 g/mol. The molecule has 0 aliphatic carbocycles. The highest BCUT2D eigenvalue weighted by molar-refractivity contribution is 5.94. The predicted octanol–water partition coefficient (Wildman–Crippen LogP) is 0.284. The van der Waals surface area contributed by atoms with E-state index in [-0.39, 0.29) is 5.69 Å². The molecule has 0 heterocycles. The highest BCUT2D eigenvalue weighted by Crippen LogP contribution is 2.20. The highest BCUT2D eigenvalue weighted by Gasteiger charge is 2.22. The lowest BCUT2D eigenvalue weighted by Gasteiger charge is -2.14. The van der Waals surface area contributed by atoms with Crippen LogP contribution in [0, 0.1) is 5.82 Å². The first-order chi connectivity index (χ1) is 9.83. The number of carboxylic acid groups (broad SMARTS) is 1. The summed E-state index contributed by atoms with van der Waals surface area (Å²) in [6.07, 6.45) is -0.580. The second kappa shape index (κ2) is 7.08. The van der Waals surface area contributed by atoms with Crippen molar-refractivity contribution < 1.29 is 28.6 Å². The maximum atomic E-state index is 13.5. The molecule has 0 saturated heterocycles. The van der Waals surface area contributed by atoms with E-state index in [0.29, 0.717) is 5.75 Å². The van der Waals surface area contributed by atoms with Crippen molar-refractivity contribution in [2.45, 2.75) is 12.5 Å². The van der Waals surface area contributed by atoms with E-state index in [0.717, 1.165) is 6.07 Å². The van der Waals surface area contributed by atoms with Crippen molar-refractivity contribution in [1.82, 2.24) is 5.32 Å². The van der Waals surface area contributed by atoms with E-state index < -0.39 is 36.2 Å². The summed E-state index contributed by atoms with van der Waals surface area (Å²) >= 11 is 0. The van der Waals surface area contributed by atoms with Gasteiger partial charge >= 0.3 is 12.0 Å². The minimum absolute atomic E-state index is 0.199. The lowest BCUT2D eigenvalue weighted by Crippen LogP contribution is -2.45. The molecule has 9 heteroatoms. The van der Waals surface area contributed by atoms with Gasteiger partial charge in [0.1, 0.15) is 17.6 Å². The third-order valence-electron chi connectivity index (χ3n) is 2.43. The number of carboxylic acids is 1. The van der Waals surface area contributed by atoms with Crippen LogP contribution in [-0.2, 0) is 9.59 Å². The number of ether oxygens (including phenoxy) is 1. The summed E-state index contributed by atoms with van der Waals surface area (Å²) in [6.45, 7) is 0. The minimum atomic E-state index is -1.50. The van der Waals surface area contributed by atoms with Crippen LogP contribution >= 0.6 is 0 Å². The Labute approximate surface area is 119 Å². The van der Waals surface area contributed by atoms with Crippen LogP contribution in [-0.4, -0.2) is 36.2 Å². The third kappa shape index (κ3) is 4.97. The third-order valence-corrected chi connectivity index (χ3v) is 2.43. The number of halogens is 1. The quantitative estimate of drug-likeness (QED) is 0.599. The van der Waals surface area contributed by atoms with E-state index in [1.165, 1.54) is 19.2 Å². The normalized spacial score (nSPS) is 11.3. The number of amides is 3. The molecule has 0 saturated carbocycles. The lowest BCUT2D eigenvalue weighted by molar-refractivity contribution is -0.140. The first kappa shape index (κ1) is 16.2. The van der Waals surface area contributed by atoms with Gasteiger partial charge in [0.2, 0.25) is 5.91 Å². The van der Waals surface area contributed by atoms with Crippen LogP contribution in [0.1, 0.15) is 6.42 Å². The summed E-state index contributed by atoms with van der Waals surface area (Å²) in [6, 6.07) is 1.16. The standard InChI is InChI=1S/C12H14FN3O5/c1-21-6-2-3-7(13)8(4-6)15-12(20)16-9(11(18)19)5-10(14)17/h2-4,9H,5H2,1H3,(H2,14,17)(H,18,19)(H2,15,16,20)/t9-/m0/s1. The van der Waals surface area contributed by atoms with Crippen LogP contribution in [0.4, 0.5) is 14.9 Å². The molecular weight excluding hydrogens is 285 g/mol. The molecule has 1 aromatic rings. The van der Waals surface area contributed by atoms with Crippen molar-refractivity contribution >= 4 is 23.6 Å². The fraction of sp³-hybridized carbons (Fsp3) is 0.250. The van der Waals surface area contributed by atoms with Gasteiger partial charge in [0.25, 0.3) is 0 Å². The number of anilines is 1. The first-order valence-electron chi connectivity index (χ1n) is 5.75. The summed E-state index contributed by atoms with van der Waals surface area (Å²) in [4.78, 5) is 33.2. The Bertz CT molecular complexity index is 564. The zero-order valence-corrected chi connectivity index (χ0v) is 11.1. The van der Waals surface area contributed by atoms with Gasteiger partial charge < -0.3 is 26.2 Å². The average Bonchev–Trinajstić information content (AvgIpc) is 2.39. The molecule has 0 spiro atoms. The Hall–Kier alpha value is -2.84. The summed E-state index contributed by atoms with van der Waals surface area (Å²) in [5.41, 5.74) is 4.67. The van der Waals surface area contributed by atoms with Gasteiger partial charge in [-0.1, -0.05) is 0 Å². The predicted molar refractivity (Wildman–Crippen MR) is 70.3 cm³/mol. The van der Waals surface area contributed by atoms with Crippen LogP contribution < -0.4 is 21.1 Å². The van der Waals surface area contributed by atoms with E-state index in [9.17, 15) is 18.8 Å². The maximum Gasteiger partial charge on any atom is 0.326 e. The number of hydrogen-bond donors (Lipinski definition) is 4. The first-order valence-corrected chi connectivity index (χ1v) is 5.75. The molecule has 5 N–H and O–H groups in total. The zero-order valence-electron chi connectivity index (χ0n) is 11.1. The Balaban J connectivity index is 2.76. The molecule has 0 aromatic heterocycles. The Morgan fingerprint density at radius 1 is 1.43 bits per heavy atom. The molecule has 114 valence electrons. The number of aliphatic carboxylic acids is 1. The number of methoxy groups -OCH3 is 1. The van der Waals surface area contributed by atoms with E-state index in [1.807, 2.05) is 5.32 Å². The Morgan fingerprint density at radius 3 is 2.62 bits per heavy atom. The number of urea groups is 1. The number of primary amides is 1. The summed E-state index contributed by atoms with van der Waals surface area (Å²) in [5, 5.41) is 13.0. The lowest BCUT2D eigenvalue weighted by atomic mass is 10.2.